The normalized spacial score (nSPS) is 15.9. The van der Waals surface area contributed by atoms with Crippen LogP contribution < -0.4 is 14.9 Å². The molecule has 0 fully saturated rings. The second-order valence-corrected chi connectivity index (χ2v) is 8.32. The van der Waals surface area contributed by atoms with Crippen molar-refractivity contribution in [1.29, 1.82) is 0 Å². The number of hydrogen-bond donors (Lipinski definition) is 0. The van der Waals surface area contributed by atoms with E-state index >= 15 is 0 Å². The van der Waals surface area contributed by atoms with Crippen LogP contribution in [0, 0.1) is 0 Å². The Labute approximate surface area is 187 Å². The number of carbonyl (C=O) groups excluding carboxylic acids is 1. The number of hydrogen-bond acceptors (Lipinski definition) is 5. The van der Waals surface area contributed by atoms with E-state index in [2.05, 4.69) is 11.6 Å². The third kappa shape index (κ3) is 4.04. The van der Waals surface area contributed by atoms with Gasteiger partial charge in [-0.25, -0.2) is 9.79 Å². The molecule has 4 rings (SSSR count). The molecule has 0 spiro atoms. The smallest absolute Gasteiger partial charge is 0.338 e. The maximum Gasteiger partial charge on any atom is 0.338 e. The first-order valence-corrected chi connectivity index (χ1v) is 10.8. The van der Waals surface area contributed by atoms with E-state index in [4.69, 9.17) is 16.3 Å². The number of thiazole rings is 1. The second-order valence-electron chi connectivity index (χ2n) is 6.90. The van der Waals surface area contributed by atoms with Crippen LogP contribution in [-0.4, -0.2) is 17.1 Å². The van der Waals surface area contributed by atoms with Crippen molar-refractivity contribution in [1.82, 2.24) is 4.57 Å². The summed E-state index contributed by atoms with van der Waals surface area (Å²) in [7, 11) is 0. The molecule has 31 heavy (non-hydrogen) atoms. The number of rotatable bonds is 5. The molecule has 2 heterocycles. The summed E-state index contributed by atoms with van der Waals surface area (Å²) in [4.78, 5) is 31.4. The Bertz CT molecular complexity index is 1370. The van der Waals surface area contributed by atoms with Crippen molar-refractivity contribution < 1.29 is 9.53 Å². The average Bonchev–Trinajstić information content (AvgIpc) is 3.08. The molecule has 5 nitrogen and oxygen atoms in total. The summed E-state index contributed by atoms with van der Waals surface area (Å²) in [6, 6.07) is 16.1. The van der Waals surface area contributed by atoms with Crippen LogP contribution in [0.3, 0.4) is 0 Å². The van der Waals surface area contributed by atoms with Gasteiger partial charge in [0.05, 0.1) is 21.8 Å². The standard InChI is InChI=1S/C24H19ClN2O3S/c1-3-13-30-23(29)20-15(2)26-24-27(21(20)16-9-5-4-6-10-16)22(28)19(31-24)14-17-11-7-8-12-18(17)25/h3-12,14,21H,1,13H2,2H3/b19-14-. The summed E-state index contributed by atoms with van der Waals surface area (Å²) < 4.78 is 7.36. The number of fused-ring (bicyclic) bond motifs is 1. The minimum absolute atomic E-state index is 0.0774. The topological polar surface area (TPSA) is 60.7 Å². The molecule has 0 radical (unpaired) electrons. The molecule has 0 saturated carbocycles. The minimum Gasteiger partial charge on any atom is -0.458 e. The molecule has 3 aromatic rings. The van der Waals surface area contributed by atoms with Gasteiger partial charge >= 0.3 is 5.97 Å². The second kappa shape index (κ2) is 8.88. The zero-order valence-corrected chi connectivity index (χ0v) is 18.3. The largest absolute Gasteiger partial charge is 0.458 e. The molecule has 156 valence electrons. The molecule has 0 saturated heterocycles. The van der Waals surface area contributed by atoms with Gasteiger partial charge in [-0.1, -0.05) is 84.1 Å². The number of carbonyl (C=O) groups is 1. The molecule has 0 bridgehead atoms. The summed E-state index contributed by atoms with van der Waals surface area (Å²) in [6.07, 6.45) is 3.26. The van der Waals surface area contributed by atoms with Crippen LogP contribution in [-0.2, 0) is 9.53 Å². The highest BCUT2D eigenvalue weighted by molar-refractivity contribution is 7.07. The predicted octanol–water partition coefficient (Wildman–Crippen LogP) is 3.62. The number of allylic oxidation sites excluding steroid dienone is 1. The molecular weight excluding hydrogens is 432 g/mol. The summed E-state index contributed by atoms with van der Waals surface area (Å²) in [5, 5.41) is 0.554. The fourth-order valence-corrected chi connectivity index (χ4v) is 4.71. The highest BCUT2D eigenvalue weighted by Gasteiger charge is 2.33. The van der Waals surface area contributed by atoms with Gasteiger partial charge in [-0.3, -0.25) is 9.36 Å². The van der Waals surface area contributed by atoms with Gasteiger partial charge in [-0.05, 0) is 30.2 Å². The van der Waals surface area contributed by atoms with Gasteiger partial charge in [-0.15, -0.1) is 0 Å². The van der Waals surface area contributed by atoms with E-state index in [1.54, 1.807) is 23.6 Å². The first-order chi connectivity index (χ1) is 15.0. The van der Waals surface area contributed by atoms with E-state index in [0.29, 0.717) is 25.6 Å². The number of benzene rings is 2. The van der Waals surface area contributed by atoms with E-state index in [1.807, 2.05) is 48.5 Å². The number of esters is 1. The molecule has 0 amide bonds. The van der Waals surface area contributed by atoms with E-state index in [-0.39, 0.29) is 12.2 Å². The van der Waals surface area contributed by atoms with Crippen molar-refractivity contribution in [2.75, 3.05) is 6.61 Å². The van der Waals surface area contributed by atoms with Crippen LogP contribution in [0.4, 0.5) is 0 Å². The Morgan fingerprint density at radius 1 is 1.23 bits per heavy atom. The first kappa shape index (κ1) is 21.0. The van der Waals surface area contributed by atoms with Crippen LogP contribution in [0.2, 0.25) is 5.02 Å². The van der Waals surface area contributed by atoms with E-state index in [1.165, 1.54) is 17.4 Å². The molecule has 0 N–H and O–H groups in total. The molecule has 1 atom stereocenters. The quantitative estimate of drug-likeness (QED) is 0.440. The Morgan fingerprint density at radius 3 is 2.65 bits per heavy atom. The summed E-state index contributed by atoms with van der Waals surface area (Å²) in [5.41, 5.74) is 2.16. The van der Waals surface area contributed by atoms with Crippen LogP contribution in [0.5, 0.6) is 0 Å². The molecule has 7 heteroatoms. The van der Waals surface area contributed by atoms with Gasteiger partial charge in [0.15, 0.2) is 4.80 Å². The molecular formula is C24H19ClN2O3S. The number of ether oxygens (including phenoxy) is 1. The van der Waals surface area contributed by atoms with Crippen molar-refractivity contribution in [2.45, 2.75) is 13.0 Å². The van der Waals surface area contributed by atoms with Crippen LogP contribution in [0.25, 0.3) is 6.08 Å². The third-order valence-corrected chi connectivity index (χ3v) is 6.21. The van der Waals surface area contributed by atoms with Crippen molar-refractivity contribution >= 4 is 35.0 Å². The molecule has 1 unspecified atom stereocenters. The lowest BCUT2D eigenvalue weighted by molar-refractivity contribution is -0.138. The predicted molar refractivity (Wildman–Crippen MR) is 123 cm³/mol. The number of aromatic nitrogens is 1. The van der Waals surface area contributed by atoms with E-state index in [9.17, 15) is 9.59 Å². The Hall–Kier alpha value is -3.22. The van der Waals surface area contributed by atoms with Crippen molar-refractivity contribution in [3.63, 3.8) is 0 Å². The van der Waals surface area contributed by atoms with Crippen LogP contribution in [0.15, 0.2) is 88.3 Å². The van der Waals surface area contributed by atoms with Gasteiger partial charge in [-0.2, -0.15) is 0 Å². The first-order valence-electron chi connectivity index (χ1n) is 9.61. The summed E-state index contributed by atoms with van der Waals surface area (Å²) in [5.74, 6) is -0.518. The summed E-state index contributed by atoms with van der Waals surface area (Å²) in [6.45, 7) is 5.42. The van der Waals surface area contributed by atoms with Gasteiger partial charge in [0, 0.05) is 5.02 Å². The fraction of sp³-hybridized carbons (Fsp3) is 0.125. The average molecular weight is 451 g/mol. The van der Waals surface area contributed by atoms with Gasteiger partial charge in [0.1, 0.15) is 6.61 Å². The zero-order valence-electron chi connectivity index (χ0n) is 16.7. The maximum atomic E-state index is 13.5. The number of halogens is 1. The van der Waals surface area contributed by atoms with Crippen LogP contribution >= 0.6 is 22.9 Å². The van der Waals surface area contributed by atoms with Crippen molar-refractivity contribution in [3.05, 3.63) is 114 Å². The molecule has 1 aliphatic heterocycles. The van der Waals surface area contributed by atoms with Crippen LogP contribution in [0.1, 0.15) is 24.1 Å². The zero-order chi connectivity index (χ0) is 22.0. The van der Waals surface area contributed by atoms with E-state index in [0.717, 1.165) is 11.1 Å². The maximum absolute atomic E-state index is 13.5. The Kier molecular flexibility index (Phi) is 6.02. The van der Waals surface area contributed by atoms with Crippen molar-refractivity contribution in [2.24, 2.45) is 4.99 Å². The van der Waals surface area contributed by atoms with Crippen molar-refractivity contribution in [3.8, 4) is 0 Å². The molecule has 0 aliphatic carbocycles. The highest BCUT2D eigenvalue weighted by atomic mass is 35.5. The fourth-order valence-electron chi connectivity index (χ4n) is 3.48. The summed E-state index contributed by atoms with van der Waals surface area (Å²) >= 11 is 7.54. The Balaban J connectivity index is 1.95. The van der Waals surface area contributed by atoms with Gasteiger partial charge in [0.25, 0.3) is 5.56 Å². The molecule has 2 aromatic carbocycles. The molecule has 1 aromatic heterocycles. The molecule has 1 aliphatic rings. The van der Waals surface area contributed by atoms with Gasteiger partial charge < -0.3 is 4.74 Å². The monoisotopic (exact) mass is 450 g/mol. The lowest BCUT2D eigenvalue weighted by atomic mass is 9.96. The third-order valence-electron chi connectivity index (χ3n) is 4.88. The lowest BCUT2D eigenvalue weighted by Crippen LogP contribution is -2.39. The number of nitrogens with zero attached hydrogens (tertiary/aromatic N) is 2. The van der Waals surface area contributed by atoms with E-state index < -0.39 is 12.0 Å². The minimum atomic E-state index is -0.636. The highest BCUT2D eigenvalue weighted by Crippen LogP contribution is 2.30. The lowest BCUT2D eigenvalue weighted by Gasteiger charge is -2.24. The van der Waals surface area contributed by atoms with Gasteiger partial charge in [0.2, 0.25) is 0 Å². The Morgan fingerprint density at radius 2 is 1.94 bits per heavy atom. The SMILES string of the molecule is C=CCOC(=O)C1=C(C)N=c2s/c(=C\c3ccccc3Cl)c(=O)n2C1c1ccccc1.